The fourth-order valence-corrected chi connectivity index (χ4v) is 6.89. The molecule has 0 aromatic heterocycles. The van der Waals surface area contributed by atoms with Crippen molar-refractivity contribution in [2.24, 2.45) is 15.6 Å². The highest BCUT2D eigenvalue weighted by atomic mass is 15.1. The third-order valence-electron chi connectivity index (χ3n) is 9.27. The molecule has 4 aromatic rings. The fraction of sp³-hybridized carbons (Fsp3) is 0.256. The summed E-state index contributed by atoms with van der Waals surface area (Å²) in [6.45, 7) is 4.34. The van der Waals surface area contributed by atoms with Crippen molar-refractivity contribution in [1.29, 1.82) is 10.5 Å². The van der Waals surface area contributed by atoms with E-state index >= 15 is 0 Å². The largest absolute Gasteiger partial charge is 0.311 e. The summed E-state index contributed by atoms with van der Waals surface area (Å²) in [6.07, 6.45) is 14.4. The lowest BCUT2D eigenvalue weighted by Crippen LogP contribution is -2.17. The maximum absolute atomic E-state index is 9.35. The lowest BCUT2D eigenvalue weighted by atomic mass is 9.74. The molecule has 0 radical (unpaired) electrons. The zero-order valence-electron chi connectivity index (χ0n) is 27.8. The molecule has 1 saturated carbocycles. The molecule has 0 aliphatic heterocycles. The van der Waals surface area contributed by atoms with E-state index in [0.29, 0.717) is 5.92 Å². The van der Waals surface area contributed by atoms with Crippen LogP contribution in [0.4, 0.5) is 28.4 Å². The summed E-state index contributed by atoms with van der Waals surface area (Å²) in [5.41, 5.74) is 9.49. The molecule has 0 heterocycles. The Balaban J connectivity index is 1.15. The summed E-state index contributed by atoms with van der Waals surface area (Å²) in [5, 5.41) is 27.7. The van der Waals surface area contributed by atoms with Gasteiger partial charge in [-0.15, -0.1) is 0 Å². The molecule has 0 saturated heterocycles. The summed E-state index contributed by atoms with van der Waals surface area (Å²) in [7, 11) is 0. The maximum Gasteiger partial charge on any atom is 0.132 e. The van der Waals surface area contributed by atoms with Gasteiger partial charge in [0, 0.05) is 17.1 Å². The van der Waals surface area contributed by atoms with E-state index < -0.39 is 0 Å². The van der Waals surface area contributed by atoms with Gasteiger partial charge < -0.3 is 4.90 Å². The Morgan fingerprint density at radius 1 is 0.688 bits per heavy atom. The standard InChI is InChI=1S/C43H41N5/c1-43(2)28-33(27-36(29-43)37(30-44)31-45)14-13-32-15-19-38(20-16-32)46-47-39-21-25-42(26-22-39)48(40-11-7-4-8-12-40)41-23-17-35(18-24-41)34-9-5-3-6-10-34/h4,7-8,11-27,34H,3,5-6,9-10,28-29H2,1-2H3/b14-13+,47-46?. The fourth-order valence-electron chi connectivity index (χ4n) is 6.89. The molecular weight excluding hydrogens is 587 g/mol. The van der Waals surface area contributed by atoms with E-state index in [-0.39, 0.29) is 11.0 Å². The number of allylic oxidation sites excluding steroid dienone is 5. The second-order valence-electron chi connectivity index (χ2n) is 13.6. The van der Waals surface area contributed by atoms with Gasteiger partial charge in [-0.1, -0.05) is 93.8 Å². The monoisotopic (exact) mass is 627 g/mol. The average Bonchev–Trinajstić information content (AvgIpc) is 3.12. The zero-order valence-corrected chi connectivity index (χ0v) is 27.8. The molecule has 1 fully saturated rings. The van der Waals surface area contributed by atoms with Gasteiger partial charge in [0.05, 0.1) is 11.4 Å². The minimum absolute atomic E-state index is 0.00918. The predicted octanol–water partition coefficient (Wildman–Crippen LogP) is 12.7. The molecular formula is C43H41N5. The van der Waals surface area contributed by atoms with Crippen LogP contribution in [0.1, 0.15) is 75.8 Å². The molecule has 0 atom stereocenters. The molecule has 0 bridgehead atoms. The number of benzene rings is 4. The molecule has 0 unspecified atom stereocenters. The first-order chi connectivity index (χ1) is 23.4. The van der Waals surface area contributed by atoms with Crippen LogP contribution in [-0.2, 0) is 0 Å². The minimum Gasteiger partial charge on any atom is -0.311 e. The van der Waals surface area contributed by atoms with Gasteiger partial charge in [0.1, 0.15) is 17.7 Å². The SMILES string of the molecule is CC1(C)CC(/C=C/c2ccc(N=Nc3ccc(N(c4ccccc4)c4ccc(C5CCCCC5)cc4)cc3)cc2)=CC(=C(C#N)C#N)C1. The van der Waals surface area contributed by atoms with Gasteiger partial charge in [-0.3, -0.25) is 0 Å². The van der Waals surface area contributed by atoms with E-state index in [0.717, 1.165) is 58.0 Å². The third-order valence-corrected chi connectivity index (χ3v) is 9.27. The summed E-state index contributed by atoms with van der Waals surface area (Å²) >= 11 is 0. The molecule has 0 spiro atoms. The van der Waals surface area contributed by atoms with Crippen LogP contribution in [-0.4, -0.2) is 0 Å². The number of azo groups is 1. The molecule has 0 N–H and O–H groups in total. The summed E-state index contributed by atoms with van der Waals surface area (Å²) in [5.74, 6) is 0.684. The highest BCUT2D eigenvalue weighted by Crippen LogP contribution is 2.40. The number of hydrogen-bond acceptors (Lipinski definition) is 5. The van der Waals surface area contributed by atoms with Crippen LogP contribution >= 0.6 is 0 Å². The maximum atomic E-state index is 9.35. The normalized spacial score (nSPS) is 16.3. The van der Waals surface area contributed by atoms with Crippen LogP contribution in [0, 0.1) is 28.1 Å². The van der Waals surface area contributed by atoms with Gasteiger partial charge >= 0.3 is 0 Å². The second kappa shape index (κ2) is 14.9. The Labute approximate surface area is 284 Å². The first-order valence-electron chi connectivity index (χ1n) is 16.9. The van der Waals surface area contributed by atoms with Gasteiger partial charge in [0.2, 0.25) is 0 Å². The van der Waals surface area contributed by atoms with E-state index in [4.69, 9.17) is 0 Å². The van der Waals surface area contributed by atoms with Gasteiger partial charge in [-0.25, -0.2) is 0 Å². The number of nitrogens with zero attached hydrogens (tertiary/aromatic N) is 5. The van der Waals surface area contributed by atoms with Gasteiger partial charge in [0.25, 0.3) is 0 Å². The first-order valence-corrected chi connectivity index (χ1v) is 16.9. The van der Waals surface area contributed by atoms with Crippen LogP contribution in [0.3, 0.4) is 0 Å². The summed E-state index contributed by atoms with van der Waals surface area (Å²) < 4.78 is 0. The van der Waals surface area contributed by atoms with Crippen molar-refractivity contribution in [3.8, 4) is 12.1 Å². The lowest BCUT2D eigenvalue weighted by molar-refractivity contribution is 0.354. The highest BCUT2D eigenvalue weighted by molar-refractivity contribution is 5.77. The Kier molecular flexibility index (Phi) is 10.1. The van der Waals surface area contributed by atoms with Crippen molar-refractivity contribution in [3.63, 3.8) is 0 Å². The van der Waals surface area contributed by atoms with Crippen molar-refractivity contribution < 1.29 is 0 Å². The topological polar surface area (TPSA) is 75.5 Å². The first kappa shape index (κ1) is 32.4. The number of para-hydroxylation sites is 1. The molecule has 5 heteroatoms. The summed E-state index contributed by atoms with van der Waals surface area (Å²) in [6, 6.07) is 39.9. The number of anilines is 3. The Hall–Kier alpha value is -5.52. The van der Waals surface area contributed by atoms with Crippen molar-refractivity contribution >= 4 is 34.5 Å². The molecule has 2 aliphatic rings. The third kappa shape index (κ3) is 8.06. The van der Waals surface area contributed by atoms with E-state index in [9.17, 15) is 10.5 Å². The smallest absolute Gasteiger partial charge is 0.132 e. The zero-order chi connectivity index (χ0) is 33.3. The summed E-state index contributed by atoms with van der Waals surface area (Å²) in [4.78, 5) is 2.28. The Morgan fingerprint density at radius 3 is 1.85 bits per heavy atom. The Morgan fingerprint density at radius 2 is 1.25 bits per heavy atom. The molecule has 4 aromatic carbocycles. The van der Waals surface area contributed by atoms with E-state index in [1.54, 1.807) is 0 Å². The van der Waals surface area contributed by atoms with Crippen LogP contribution in [0.25, 0.3) is 6.08 Å². The average molecular weight is 628 g/mol. The van der Waals surface area contributed by atoms with E-state index in [2.05, 4.69) is 102 Å². The second-order valence-corrected chi connectivity index (χ2v) is 13.6. The van der Waals surface area contributed by atoms with Gasteiger partial charge in [-0.05, 0) is 120 Å². The lowest BCUT2D eigenvalue weighted by Gasteiger charge is -2.30. The van der Waals surface area contributed by atoms with Crippen LogP contribution < -0.4 is 4.90 Å². The predicted molar refractivity (Wildman–Crippen MR) is 196 cm³/mol. The highest BCUT2D eigenvalue weighted by Gasteiger charge is 2.26. The molecule has 48 heavy (non-hydrogen) atoms. The van der Waals surface area contributed by atoms with Crippen LogP contribution in [0.5, 0.6) is 0 Å². The van der Waals surface area contributed by atoms with Crippen molar-refractivity contribution in [3.05, 3.63) is 143 Å². The molecule has 238 valence electrons. The van der Waals surface area contributed by atoms with Crippen molar-refractivity contribution in [2.45, 2.75) is 64.7 Å². The van der Waals surface area contributed by atoms with E-state index in [1.165, 1.54) is 37.7 Å². The van der Waals surface area contributed by atoms with Gasteiger partial charge in [0.15, 0.2) is 0 Å². The number of rotatable bonds is 8. The van der Waals surface area contributed by atoms with Crippen LogP contribution in [0.15, 0.2) is 142 Å². The minimum atomic E-state index is -0.00918. The molecule has 6 rings (SSSR count). The Bertz CT molecular complexity index is 1890. The number of hydrogen-bond donors (Lipinski definition) is 0. The van der Waals surface area contributed by atoms with E-state index in [1.807, 2.05) is 60.7 Å². The molecule has 0 amide bonds. The van der Waals surface area contributed by atoms with Crippen molar-refractivity contribution in [2.75, 3.05) is 4.90 Å². The quantitative estimate of drug-likeness (QED) is 0.144. The molecule has 2 aliphatic carbocycles. The molecule has 5 nitrogen and oxygen atoms in total. The van der Waals surface area contributed by atoms with Crippen LogP contribution in [0.2, 0.25) is 0 Å². The van der Waals surface area contributed by atoms with Gasteiger partial charge in [-0.2, -0.15) is 20.8 Å². The van der Waals surface area contributed by atoms with Crippen molar-refractivity contribution in [1.82, 2.24) is 0 Å². The number of nitriles is 2.